The van der Waals surface area contributed by atoms with Gasteiger partial charge in [0.25, 0.3) is 0 Å². The number of carbonyl (C=O) groups excluding carboxylic acids is 1. The standard InChI is InChI=1S/C14H27N3O4S/c1-11(13-6-3-8-21-13)17-14(18)15-7-9-22(19,20)16-10-12-4-2-5-12/h11-13,16H,2-10H2,1H3,(H2,15,17,18)/t11-,13-/m0/s1. The smallest absolute Gasteiger partial charge is 0.315 e. The SMILES string of the molecule is C[C@H](NC(=O)NCCS(=O)(=O)NCC1CCC1)[C@@H]1CCCO1. The lowest BCUT2D eigenvalue weighted by Gasteiger charge is -2.25. The zero-order valence-corrected chi connectivity index (χ0v) is 14.0. The summed E-state index contributed by atoms with van der Waals surface area (Å²) in [5.74, 6) is 0.389. The second-order valence-electron chi connectivity index (χ2n) is 6.20. The van der Waals surface area contributed by atoms with Crippen molar-refractivity contribution in [2.45, 2.75) is 51.2 Å². The molecule has 8 heteroatoms. The molecule has 2 amide bonds. The number of hydrogen-bond donors (Lipinski definition) is 3. The van der Waals surface area contributed by atoms with Crippen LogP contribution in [0.5, 0.6) is 0 Å². The average molecular weight is 333 g/mol. The molecule has 1 saturated carbocycles. The van der Waals surface area contributed by atoms with E-state index in [1.165, 1.54) is 6.42 Å². The molecule has 1 heterocycles. The molecule has 1 aliphatic carbocycles. The van der Waals surface area contributed by atoms with Crippen LogP contribution in [0.25, 0.3) is 0 Å². The second-order valence-corrected chi connectivity index (χ2v) is 8.13. The lowest BCUT2D eigenvalue weighted by atomic mass is 9.86. The number of nitrogens with one attached hydrogen (secondary N) is 3. The maximum Gasteiger partial charge on any atom is 0.315 e. The molecule has 0 aromatic rings. The van der Waals surface area contributed by atoms with E-state index in [9.17, 15) is 13.2 Å². The van der Waals surface area contributed by atoms with Crippen molar-refractivity contribution in [3.63, 3.8) is 0 Å². The Morgan fingerprint density at radius 3 is 2.64 bits per heavy atom. The Kier molecular flexibility index (Phi) is 6.46. The van der Waals surface area contributed by atoms with E-state index in [1.807, 2.05) is 6.92 Å². The predicted octanol–water partition coefficient (Wildman–Crippen LogP) is 0.573. The van der Waals surface area contributed by atoms with Gasteiger partial charge in [-0.05, 0) is 38.5 Å². The molecule has 3 N–H and O–H groups in total. The highest BCUT2D eigenvalue weighted by molar-refractivity contribution is 7.89. The van der Waals surface area contributed by atoms with Gasteiger partial charge in [0.15, 0.2) is 0 Å². The molecule has 7 nitrogen and oxygen atoms in total. The predicted molar refractivity (Wildman–Crippen MR) is 84.1 cm³/mol. The Hall–Kier alpha value is -0.860. The van der Waals surface area contributed by atoms with E-state index < -0.39 is 10.0 Å². The minimum atomic E-state index is -3.31. The van der Waals surface area contributed by atoms with Crippen LogP contribution in [0, 0.1) is 5.92 Å². The van der Waals surface area contributed by atoms with Gasteiger partial charge in [-0.25, -0.2) is 17.9 Å². The van der Waals surface area contributed by atoms with E-state index in [0.29, 0.717) is 12.5 Å². The van der Waals surface area contributed by atoms with Gasteiger partial charge in [-0.3, -0.25) is 0 Å². The van der Waals surface area contributed by atoms with Crippen LogP contribution in [0.1, 0.15) is 39.0 Å². The first-order chi connectivity index (χ1) is 10.5. The highest BCUT2D eigenvalue weighted by Gasteiger charge is 2.24. The Morgan fingerprint density at radius 1 is 1.27 bits per heavy atom. The fourth-order valence-electron chi connectivity index (χ4n) is 2.66. The third-order valence-electron chi connectivity index (χ3n) is 4.35. The van der Waals surface area contributed by atoms with Crippen molar-refractivity contribution in [3.05, 3.63) is 0 Å². The van der Waals surface area contributed by atoms with Gasteiger partial charge in [-0.15, -0.1) is 0 Å². The minimum absolute atomic E-state index is 0.0543. The molecule has 128 valence electrons. The molecule has 1 aliphatic heterocycles. The van der Waals surface area contributed by atoms with E-state index in [0.717, 1.165) is 32.3 Å². The summed E-state index contributed by atoms with van der Waals surface area (Å²) in [6.07, 6.45) is 5.41. The number of hydrogen-bond acceptors (Lipinski definition) is 4. The molecular weight excluding hydrogens is 306 g/mol. The number of carbonyl (C=O) groups is 1. The average Bonchev–Trinajstić information content (AvgIpc) is 2.90. The van der Waals surface area contributed by atoms with E-state index >= 15 is 0 Å². The molecule has 0 radical (unpaired) electrons. The number of urea groups is 1. The van der Waals surface area contributed by atoms with Crippen molar-refractivity contribution in [1.82, 2.24) is 15.4 Å². The van der Waals surface area contributed by atoms with E-state index in [4.69, 9.17) is 4.74 Å². The van der Waals surface area contributed by atoms with Crippen LogP contribution in [0.4, 0.5) is 4.79 Å². The van der Waals surface area contributed by atoms with Crippen LogP contribution in [0.15, 0.2) is 0 Å². The largest absolute Gasteiger partial charge is 0.376 e. The fraction of sp³-hybridized carbons (Fsp3) is 0.929. The summed E-state index contributed by atoms with van der Waals surface area (Å²) in [5.41, 5.74) is 0. The Labute approximate surface area is 132 Å². The molecule has 0 bridgehead atoms. The first-order valence-electron chi connectivity index (χ1n) is 8.09. The molecule has 0 aromatic heterocycles. The van der Waals surface area contributed by atoms with Crippen LogP contribution < -0.4 is 15.4 Å². The van der Waals surface area contributed by atoms with Crippen molar-refractivity contribution < 1.29 is 17.9 Å². The summed E-state index contributed by atoms with van der Waals surface area (Å²) < 4.78 is 31.7. The van der Waals surface area contributed by atoms with Crippen molar-refractivity contribution in [2.24, 2.45) is 5.92 Å². The van der Waals surface area contributed by atoms with Crippen molar-refractivity contribution in [2.75, 3.05) is 25.4 Å². The van der Waals surface area contributed by atoms with Crippen LogP contribution in [0.2, 0.25) is 0 Å². The maximum atomic E-state index is 11.8. The van der Waals surface area contributed by atoms with Gasteiger partial charge in [-0.2, -0.15) is 0 Å². The van der Waals surface area contributed by atoms with E-state index in [-0.39, 0.29) is 30.5 Å². The zero-order valence-electron chi connectivity index (χ0n) is 13.1. The summed E-state index contributed by atoms with van der Waals surface area (Å²) >= 11 is 0. The Morgan fingerprint density at radius 2 is 2.05 bits per heavy atom. The number of rotatable bonds is 8. The highest BCUT2D eigenvalue weighted by atomic mass is 32.2. The second kappa shape index (κ2) is 8.12. The number of sulfonamides is 1. The van der Waals surface area contributed by atoms with E-state index in [1.54, 1.807) is 0 Å². The van der Waals surface area contributed by atoms with Crippen LogP contribution in [-0.4, -0.2) is 52.0 Å². The van der Waals surface area contributed by atoms with Gasteiger partial charge in [0, 0.05) is 19.7 Å². The molecule has 0 aromatic carbocycles. The maximum absolute atomic E-state index is 11.8. The summed E-state index contributed by atoms with van der Waals surface area (Å²) in [6, 6.07) is -0.423. The number of ether oxygens (including phenoxy) is 1. The van der Waals surface area contributed by atoms with Crippen LogP contribution in [-0.2, 0) is 14.8 Å². The molecule has 2 fully saturated rings. The summed E-state index contributed by atoms with van der Waals surface area (Å²) in [4.78, 5) is 11.7. The van der Waals surface area contributed by atoms with Crippen molar-refractivity contribution >= 4 is 16.1 Å². The first kappa shape index (κ1) is 17.5. The Balaban J connectivity index is 1.58. The van der Waals surface area contributed by atoms with Gasteiger partial charge in [-0.1, -0.05) is 6.42 Å². The van der Waals surface area contributed by atoms with Crippen LogP contribution >= 0.6 is 0 Å². The van der Waals surface area contributed by atoms with Crippen LogP contribution in [0.3, 0.4) is 0 Å². The molecule has 2 aliphatic rings. The normalized spacial score (nSPS) is 23.8. The number of amides is 2. The van der Waals surface area contributed by atoms with Gasteiger partial charge in [0.2, 0.25) is 10.0 Å². The quantitative estimate of drug-likeness (QED) is 0.605. The van der Waals surface area contributed by atoms with Crippen molar-refractivity contribution in [3.8, 4) is 0 Å². The summed E-state index contributed by atoms with van der Waals surface area (Å²) in [6.45, 7) is 3.25. The lowest BCUT2D eigenvalue weighted by Crippen LogP contribution is -2.47. The van der Waals surface area contributed by atoms with Gasteiger partial charge in [0.05, 0.1) is 17.9 Å². The molecule has 0 spiro atoms. The third kappa shape index (κ3) is 5.73. The molecule has 1 saturated heterocycles. The molecule has 22 heavy (non-hydrogen) atoms. The molecule has 2 rings (SSSR count). The topological polar surface area (TPSA) is 96.5 Å². The molecule has 2 atom stereocenters. The first-order valence-corrected chi connectivity index (χ1v) is 9.75. The highest BCUT2D eigenvalue weighted by Crippen LogP contribution is 2.25. The summed E-state index contributed by atoms with van der Waals surface area (Å²) in [5, 5.41) is 5.37. The molecular formula is C14H27N3O4S. The van der Waals surface area contributed by atoms with Gasteiger partial charge in [0.1, 0.15) is 0 Å². The van der Waals surface area contributed by atoms with Gasteiger partial charge < -0.3 is 15.4 Å². The monoisotopic (exact) mass is 333 g/mol. The minimum Gasteiger partial charge on any atom is -0.376 e. The Bertz CT molecular complexity index is 459. The zero-order chi connectivity index (χ0) is 16.0. The third-order valence-corrected chi connectivity index (χ3v) is 5.70. The van der Waals surface area contributed by atoms with E-state index in [2.05, 4.69) is 15.4 Å². The summed E-state index contributed by atoms with van der Waals surface area (Å²) in [7, 11) is -3.31. The fourth-order valence-corrected chi connectivity index (χ4v) is 3.67. The van der Waals surface area contributed by atoms with Crippen molar-refractivity contribution in [1.29, 1.82) is 0 Å². The molecule has 0 unspecified atom stereocenters. The van der Waals surface area contributed by atoms with Gasteiger partial charge >= 0.3 is 6.03 Å². The lowest BCUT2D eigenvalue weighted by molar-refractivity contribution is 0.0860.